The highest BCUT2D eigenvalue weighted by atomic mass is 14.3. The Balaban J connectivity index is 3.39. The Labute approximate surface area is 139 Å². The van der Waals surface area contributed by atoms with Crippen LogP contribution in [0.1, 0.15) is 105 Å². The Hall–Kier alpha value is -0.780. The number of hydrogen-bond acceptors (Lipinski definition) is 0. The summed E-state index contributed by atoms with van der Waals surface area (Å²) in [5.74, 6) is 0.656. The lowest BCUT2D eigenvalue weighted by Gasteiger charge is -2.30. The molecule has 1 rings (SSSR count). The monoisotopic (exact) mass is 302 g/mol. The molecule has 126 valence electrons. The predicted molar refractivity (Wildman–Crippen MR) is 101 cm³/mol. The second-order valence-electron chi connectivity index (χ2n) is 10.2. The van der Waals surface area contributed by atoms with Gasteiger partial charge in [-0.25, -0.2) is 0 Å². The maximum atomic E-state index is 2.47. The summed E-state index contributed by atoms with van der Waals surface area (Å²) in [5.41, 5.74) is 5.27. The summed E-state index contributed by atoms with van der Waals surface area (Å²) in [6, 6.07) is 7.36. The average Bonchev–Trinajstić information content (AvgIpc) is 2.32. The van der Waals surface area contributed by atoms with Gasteiger partial charge < -0.3 is 0 Å². The second kappa shape index (κ2) is 6.38. The van der Waals surface area contributed by atoms with Crippen LogP contribution in [0.5, 0.6) is 0 Å². The molecule has 0 aliphatic carbocycles. The zero-order chi connectivity index (χ0) is 17.3. The zero-order valence-electron chi connectivity index (χ0n) is 16.7. The first-order valence-electron chi connectivity index (χ1n) is 8.90. The van der Waals surface area contributed by atoms with Crippen molar-refractivity contribution in [2.75, 3.05) is 0 Å². The molecule has 0 heterocycles. The smallest absolute Gasteiger partial charge is 0.0132 e. The van der Waals surface area contributed by atoms with Crippen molar-refractivity contribution in [3.63, 3.8) is 0 Å². The third-order valence-electron chi connectivity index (χ3n) is 4.51. The highest BCUT2D eigenvalue weighted by molar-refractivity contribution is 5.39. The lowest BCUT2D eigenvalue weighted by molar-refractivity contribution is 0.334. The molecule has 0 spiro atoms. The minimum Gasteiger partial charge on any atom is -0.0648 e. The molecule has 0 amide bonds. The van der Waals surface area contributed by atoms with E-state index in [1.165, 1.54) is 29.5 Å². The van der Waals surface area contributed by atoms with E-state index < -0.39 is 0 Å². The van der Waals surface area contributed by atoms with Crippen LogP contribution in [0.25, 0.3) is 0 Å². The summed E-state index contributed by atoms with van der Waals surface area (Å²) in [5, 5.41) is 0. The van der Waals surface area contributed by atoms with Crippen molar-refractivity contribution in [1.82, 2.24) is 0 Å². The van der Waals surface area contributed by atoms with Crippen molar-refractivity contribution in [1.29, 1.82) is 0 Å². The number of hydrogen-bond donors (Lipinski definition) is 0. The highest BCUT2D eigenvalue weighted by Gasteiger charge is 2.24. The van der Waals surface area contributed by atoms with E-state index >= 15 is 0 Å². The van der Waals surface area contributed by atoms with Crippen LogP contribution in [0.15, 0.2) is 18.2 Å². The summed E-state index contributed by atoms with van der Waals surface area (Å²) in [7, 11) is 0. The molecule has 0 fully saturated rings. The fraction of sp³-hybridized carbons (Fsp3) is 0.727. The van der Waals surface area contributed by atoms with Crippen molar-refractivity contribution in [2.45, 2.75) is 98.8 Å². The molecule has 0 saturated carbocycles. The Bertz CT molecular complexity index is 454. The Morgan fingerprint density at radius 1 is 0.727 bits per heavy atom. The molecule has 1 aromatic rings. The molecule has 0 nitrogen and oxygen atoms in total. The van der Waals surface area contributed by atoms with Crippen LogP contribution in [0.4, 0.5) is 0 Å². The SMILES string of the molecule is CCC(CC(C)(C)C)c1cc(C(C)(C)C)cc(C(C)(C)C)c1. The largest absolute Gasteiger partial charge is 0.0648 e. The molecule has 1 atom stereocenters. The van der Waals surface area contributed by atoms with Gasteiger partial charge >= 0.3 is 0 Å². The maximum absolute atomic E-state index is 2.47. The van der Waals surface area contributed by atoms with Crippen LogP contribution in [-0.4, -0.2) is 0 Å². The first kappa shape index (κ1) is 19.3. The molecule has 0 aliphatic heterocycles. The molecule has 0 radical (unpaired) electrons. The molecular formula is C22H38. The third kappa shape index (κ3) is 5.45. The Kier molecular flexibility index (Phi) is 5.59. The molecule has 0 aromatic heterocycles. The summed E-state index contributed by atoms with van der Waals surface area (Å²) in [4.78, 5) is 0. The summed E-state index contributed by atoms with van der Waals surface area (Å²) < 4.78 is 0. The van der Waals surface area contributed by atoms with Gasteiger partial charge in [-0.15, -0.1) is 0 Å². The van der Waals surface area contributed by atoms with Gasteiger partial charge in [0, 0.05) is 0 Å². The van der Waals surface area contributed by atoms with Crippen molar-refractivity contribution in [3.05, 3.63) is 34.9 Å². The molecule has 1 unspecified atom stereocenters. The van der Waals surface area contributed by atoms with Crippen LogP contribution in [0.3, 0.4) is 0 Å². The van der Waals surface area contributed by atoms with E-state index in [0.29, 0.717) is 11.3 Å². The van der Waals surface area contributed by atoms with Gasteiger partial charge in [0.1, 0.15) is 0 Å². The maximum Gasteiger partial charge on any atom is -0.0132 e. The molecule has 0 saturated heterocycles. The summed E-state index contributed by atoms with van der Waals surface area (Å²) in [6.07, 6.45) is 2.47. The fourth-order valence-corrected chi connectivity index (χ4v) is 2.99. The van der Waals surface area contributed by atoms with Gasteiger partial charge in [-0.1, -0.05) is 87.4 Å². The van der Waals surface area contributed by atoms with Gasteiger partial charge in [0.15, 0.2) is 0 Å². The lowest BCUT2D eigenvalue weighted by atomic mass is 9.75. The Morgan fingerprint density at radius 2 is 1.14 bits per heavy atom. The number of benzene rings is 1. The van der Waals surface area contributed by atoms with E-state index in [9.17, 15) is 0 Å². The van der Waals surface area contributed by atoms with E-state index in [4.69, 9.17) is 0 Å². The first-order valence-corrected chi connectivity index (χ1v) is 8.90. The van der Waals surface area contributed by atoms with Crippen molar-refractivity contribution >= 4 is 0 Å². The van der Waals surface area contributed by atoms with Gasteiger partial charge in [-0.2, -0.15) is 0 Å². The van der Waals surface area contributed by atoms with E-state index in [0.717, 1.165) is 0 Å². The van der Waals surface area contributed by atoms with Crippen LogP contribution < -0.4 is 0 Å². The second-order valence-corrected chi connectivity index (χ2v) is 10.2. The number of rotatable bonds is 3. The molecule has 22 heavy (non-hydrogen) atoms. The van der Waals surface area contributed by atoms with Crippen LogP contribution >= 0.6 is 0 Å². The van der Waals surface area contributed by atoms with Gasteiger partial charge in [0.05, 0.1) is 0 Å². The molecule has 0 bridgehead atoms. The van der Waals surface area contributed by atoms with Crippen LogP contribution in [-0.2, 0) is 10.8 Å². The lowest BCUT2D eigenvalue weighted by Crippen LogP contribution is -2.19. The average molecular weight is 303 g/mol. The highest BCUT2D eigenvalue weighted by Crippen LogP contribution is 2.37. The molecule has 0 aliphatic rings. The van der Waals surface area contributed by atoms with Crippen molar-refractivity contribution in [2.24, 2.45) is 5.41 Å². The first-order chi connectivity index (χ1) is 9.74. The van der Waals surface area contributed by atoms with Crippen LogP contribution in [0, 0.1) is 5.41 Å². The summed E-state index contributed by atoms with van der Waals surface area (Å²) in [6.45, 7) is 23.3. The molecule has 0 heteroatoms. The zero-order valence-corrected chi connectivity index (χ0v) is 16.7. The van der Waals surface area contributed by atoms with Gasteiger partial charge in [-0.3, -0.25) is 0 Å². The standard InChI is InChI=1S/C22H38/c1-11-16(15-20(2,3)4)17-12-18(21(5,6)7)14-19(13-17)22(8,9)10/h12-14,16H,11,15H2,1-10H3. The van der Waals surface area contributed by atoms with E-state index in [1.54, 1.807) is 0 Å². The van der Waals surface area contributed by atoms with Crippen molar-refractivity contribution < 1.29 is 0 Å². The fourth-order valence-electron chi connectivity index (χ4n) is 2.99. The topological polar surface area (TPSA) is 0 Å². The molecule has 1 aromatic carbocycles. The van der Waals surface area contributed by atoms with E-state index in [-0.39, 0.29) is 10.8 Å². The molecular weight excluding hydrogens is 264 g/mol. The quantitative estimate of drug-likeness (QED) is 0.553. The van der Waals surface area contributed by atoms with E-state index in [2.05, 4.69) is 87.4 Å². The third-order valence-corrected chi connectivity index (χ3v) is 4.51. The van der Waals surface area contributed by atoms with Gasteiger partial charge in [0.2, 0.25) is 0 Å². The Morgan fingerprint density at radius 3 is 1.41 bits per heavy atom. The van der Waals surface area contributed by atoms with E-state index in [1.807, 2.05) is 0 Å². The predicted octanol–water partition coefficient (Wildman–Crippen LogP) is 7.21. The van der Waals surface area contributed by atoms with Crippen LogP contribution in [0.2, 0.25) is 0 Å². The van der Waals surface area contributed by atoms with Gasteiger partial charge in [-0.05, 0) is 51.7 Å². The normalized spacial score (nSPS) is 15.0. The summed E-state index contributed by atoms with van der Waals surface area (Å²) >= 11 is 0. The minimum atomic E-state index is 0.204. The van der Waals surface area contributed by atoms with Crippen molar-refractivity contribution in [3.8, 4) is 0 Å². The molecule has 0 N–H and O–H groups in total. The minimum absolute atomic E-state index is 0.204. The van der Waals surface area contributed by atoms with Gasteiger partial charge in [0.25, 0.3) is 0 Å².